The minimum Gasteiger partial charge on any atom is -0.352 e. The molecule has 29 heavy (non-hydrogen) atoms. The lowest BCUT2D eigenvalue weighted by atomic mass is 10.1. The Bertz CT molecular complexity index is 1150. The zero-order chi connectivity index (χ0) is 19.8. The van der Waals surface area contributed by atoms with Gasteiger partial charge in [0.1, 0.15) is 27.8 Å². The largest absolute Gasteiger partial charge is 0.352 e. The Labute approximate surface area is 175 Å². The molecule has 0 N–H and O–H groups in total. The van der Waals surface area contributed by atoms with E-state index in [9.17, 15) is 4.39 Å². The van der Waals surface area contributed by atoms with Crippen LogP contribution < -0.4 is 9.80 Å². The fourth-order valence-electron chi connectivity index (χ4n) is 3.57. The van der Waals surface area contributed by atoms with E-state index in [2.05, 4.69) is 43.0 Å². The van der Waals surface area contributed by atoms with Gasteiger partial charge in [-0.25, -0.2) is 14.4 Å². The number of aromatic nitrogens is 4. The first-order chi connectivity index (χ1) is 14.2. The Morgan fingerprint density at radius 3 is 2.62 bits per heavy atom. The molecule has 1 aliphatic heterocycles. The van der Waals surface area contributed by atoms with Crippen molar-refractivity contribution >= 4 is 43.8 Å². The van der Waals surface area contributed by atoms with Crippen LogP contribution in [0.1, 0.15) is 15.4 Å². The van der Waals surface area contributed by atoms with Gasteiger partial charge in [0.15, 0.2) is 0 Å². The van der Waals surface area contributed by atoms with Gasteiger partial charge in [0.25, 0.3) is 0 Å². The lowest BCUT2D eigenvalue weighted by Gasteiger charge is -2.35. The minimum atomic E-state index is -0.197. The van der Waals surface area contributed by atoms with E-state index in [1.54, 1.807) is 41.1 Å². The van der Waals surface area contributed by atoms with Crippen molar-refractivity contribution in [3.05, 3.63) is 57.9 Å². The van der Waals surface area contributed by atoms with Crippen LogP contribution in [0, 0.1) is 12.7 Å². The first-order valence-electron chi connectivity index (χ1n) is 9.44. The number of halogens is 1. The number of nitrogens with zero attached hydrogens (tertiary/aromatic N) is 6. The molecule has 0 saturated carbocycles. The molecule has 1 aliphatic rings. The van der Waals surface area contributed by atoms with Crippen LogP contribution >= 0.6 is 22.7 Å². The van der Waals surface area contributed by atoms with Crippen molar-refractivity contribution in [3.63, 3.8) is 0 Å². The maximum atomic E-state index is 13.9. The Morgan fingerprint density at radius 1 is 1.00 bits per heavy atom. The number of rotatable bonds is 4. The summed E-state index contributed by atoms with van der Waals surface area (Å²) in [7, 11) is 0. The standard InChI is InChI=1S/C20H19FN6S2/c1-13-10-15-18(22-12-23-19(15)28-13)26-6-8-27(9-7-26)20-25-24-17(29-20)11-14-4-2-3-5-16(14)21/h2-5,10,12H,6-9,11H2,1H3. The number of fused-ring (bicyclic) bond motifs is 1. The topological polar surface area (TPSA) is 58.0 Å². The number of anilines is 2. The number of thiophene rings is 1. The van der Waals surface area contributed by atoms with Crippen molar-refractivity contribution in [1.29, 1.82) is 0 Å². The van der Waals surface area contributed by atoms with Crippen molar-refractivity contribution in [2.45, 2.75) is 13.3 Å². The summed E-state index contributed by atoms with van der Waals surface area (Å²) < 4.78 is 13.9. The molecule has 4 aromatic rings. The van der Waals surface area contributed by atoms with Crippen LogP contribution in [0.25, 0.3) is 10.2 Å². The van der Waals surface area contributed by atoms with Gasteiger partial charge in [0, 0.05) is 37.5 Å². The fourth-order valence-corrected chi connectivity index (χ4v) is 5.33. The van der Waals surface area contributed by atoms with E-state index >= 15 is 0 Å². The van der Waals surface area contributed by atoms with E-state index in [0.29, 0.717) is 12.0 Å². The maximum absolute atomic E-state index is 13.9. The van der Waals surface area contributed by atoms with Crippen molar-refractivity contribution in [1.82, 2.24) is 20.2 Å². The van der Waals surface area contributed by atoms with Gasteiger partial charge in [-0.1, -0.05) is 29.5 Å². The number of hydrogen-bond acceptors (Lipinski definition) is 8. The minimum absolute atomic E-state index is 0.197. The average molecular weight is 427 g/mol. The molecule has 0 unspecified atom stereocenters. The van der Waals surface area contributed by atoms with Crippen LogP contribution in [0.4, 0.5) is 15.3 Å². The zero-order valence-electron chi connectivity index (χ0n) is 15.9. The first-order valence-corrected chi connectivity index (χ1v) is 11.1. The predicted molar refractivity (Wildman–Crippen MR) is 116 cm³/mol. The summed E-state index contributed by atoms with van der Waals surface area (Å²) in [6, 6.07) is 8.99. The number of benzene rings is 1. The molecule has 0 atom stereocenters. The third-order valence-electron chi connectivity index (χ3n) is 5.04. The summed E-state index contributed by atoms with van der Waals surface area (Å²) in [5.41, 5.74) is 0.652. The van der Waals surface area contributed by atoms with Crippen LogP contribution in [-0.4, -0.2) is 46.3 Å². The van der Waals surface area contributed by atoms with Gasteiger partial charge in [-0.3, -0.25) is 0 Å². The number of hydrogen-bond donors (Lipinski definition) is 0. The van der Waals surface area contributed by atoms with E-state index in [4.69, 9.17) is 0 Å². The highest BCUT2D eigenvalue weighted by molar-refractivity contribution is 7.18. The third-order valence-corrected chi connectivity index (χ3v) is 6.98. The lowest BCUT2D eigenvalue weighted by molar-refractivity contribution is 0.613. The van der Waals surface area contributed by atoms with E-state index in [-0.39, 0.29) is 5.82 Å². The highest BCUT2D eigenvalue weighted by Gasteiger charge is 2.23. The molecule has 1 saturated heterocycles. The second-order valence-corrected chi connectivity index (χ2v) is 9.27. The van der Waals surface area contributed by atoms with Crippen LogP contribution in [0.15, 0.2) is 36.7 Å². The molecule has 4 heterocycles. The molecule has 0 spiro atoms. The van der Waals surface area contributed by atoms with E-state index in [1.165, 1.54) is 10.9 Å². The van der Waals surface area contributed by atoms with Gasteiger partial charge < -0.3 is 9.80 Å². The lowest BCUT2D eigenvalue weighted by Crippen LogP contribution is -2.46. The van der Waals surface area contributed by atoms with Crippen molar-refractivity contribution in [2.24, 2.45) is 0 Å². The fraction of sp³-hybridized carbons (Fsp3) is 0.300. The highest BCUT2D eigenvalue weighted by Crippen LogP contribution is 2.31. The second kappa shape index (κ2) is 7.64. The summed E-state index contributed by atoms with van der Waals surface area (Å²) >= 11 is 3.24. The summed E-state index contributed by atoms with van der Waals surface area (Å²) in [4.78, 5) is 15.8. The summed E-state index contributed by atoms with van der Waals surface area (Å²) in [5, 5.41) is 11.5. The molecular weight excluding hydrogens is 407 g/mol. The second-order valence-electron chi connectivity index (χ2n) is 6.99. The van der Waals surface area contributed by atoms with Gasteiger partial charge in [0.2, 0.25) is 5.13 Å². The molecule has 0 bridgehead atoms. The monoisotopic (exact) mass is 426 g/mol. The summed E-state index contributed by atoms with van der Waals surface area (Å²) in [6.45, 7) is 5.53. The Morgan fingerprint density at radius 2 is 1.79 bits per heavy atom. The van der Waals surface area contributed by atoms with Gasteiger partial charge in [-0.2, -0.15) is 0 Å². The number of aryl methyl sites for hydroxylation is 1. The molecule has 5 rings (SSSR count). The van der Waals surface area contributed by atoms with Crippen molar-refractivity contribution in [2.75, 3.05) is 36.0 Å². The SMILES string of the molecule is Cc1cc2c(N3CCN(c4nnc(Cc5ccccc5F)s4)CC3)ncnc2s1. The molecule has 3 aromatic heterocycles. The molecule has 0 radical (unpaired) electrons. The van der Waals surface area contributed by atoms with E-state index in [0.717, 1.165) is 52.4 Å². The molecular formula is C20H19FN6S2. The van der Waals surface area contributed by atoms with Crippen LogP contribution in [0.2, 0.25) is 0 Å². The summed E-state index contributed by atoms with van der Waals surface area (Å²) in [6.07, 6.45) is 2.13. The zero-order valence-corrected chi connectivity index (χ0v) is 17.5. The quantitative estimate of drug-likeness (QED) is 0.493. The first kappa shape index (κ1) is 18.4. The molecule has 9 heteroatoms. The van der Waals surface area contributed by atoms with Gasteiger partial charge in [0.05, 0.1) is 5.39 Å². The molecule has 0 aliphatic carbocycles. The maximum Gasteiger partial charge on any atom is 0.208 e. The average Bonchev–Trinajstić information content (AvgIpc) is 3.35. The van der Waals surface area contributed by atoms with Gasteiger partial charge in [-0.05, 0) is 24.6 Å². The third kappa shape index (κ3) is 3.67. The molecule has 148 valence electrons. The van der Waals surface area contributed by atoms with Gasteiger partial charge >= 0.3 is 0 Å². The van der Waals surface area contributed by atoms with Crippen LogP contribution in [0.5, 0.6) is 0 Å². The van der Waals surface area contributed by atoms with E-state index in [1.807, 2.05) is 6.07 Å². The molecule has 1 fully saturated rings. The molecule has 0 amide bonds. The summed E-state index contributed by atoms with van der Waals surface area (Å²) in [5.74, 6) is 0.814. The predicted octanol–water partition coefficient (Wildman–Crippen LogP) is 3.91. The normalized spacial score (nSPS) is 14.7. The van der Waals surface area contributed by atoms with Crippen LogP contribution in [-0.2, 0) is 6.42 Å². The Balaban J connectivity index is 1.27. The number of piperazine rings is 1. The molecule has 6 nitrogen and oxygen atoms in total. The molecule has 1 aromatic carbocycles. The Kier molecular flexibility index (Phi) is 4.84. The van der Waals surface area contributed by atoms with Crippen molar-refractivity contribution < 1.29 is 4.39 Å². The van der Waals surface area contributed by atoms with Crippen LogP contribution in [0.3, 0.4) is 0 Å². The smallest absolute Gasteiger partial charge is 0.208 e. The van der Waals surface area contributed by atoms with Crippen molar-refractivity contribution in [3.8, 4) is 0 Å². The Hall–Kier alpha value is -2.65. The van der Waals surface area contributed by atoms with E-state index < -0.39 is 0 Å². The highest BCUT2D eigenvalue weighted by atomic mass is 32.1. The van der Waals surface area contributed by atoms with Gasteiger partial charge in [-0.15, -0.1) is 21.5 Å².